The van der Waals surface area contributed by atoms with E-state index in [4.69, 9.17) is 0 Å². The minimum absolute atomic E-state index is 0.145. The van der Waals surface area contributed by atoms with Crippen LogP contribution in [0.3, 0.4) is 0 Å². The van der Waals surface area contributed by atoms with E-state index >= 15 is 0 Å². The third-order valence-electron chi connectivity index (χ3n) is 4.74. The second-order valence-electron chi connectivity index (χ2n) is 6.16. The summed E-state index contributed by atoms with van der Waals surface area (Å²) in [6, 6.07) is 1.73. The molecule has 0 saturated carbocycles. The quantitative estimate of drug-likeness (QED) is 0.675. The summed E-state index contributed by atoms with van der Waals surface area (Å²) in [5.41, 5.74) is 2.08. The van der Waals surface area contributed by atoms with Gasteiger partial charge in [0.05, 0.1) is 10.9 Å². The van der Waals surface area contributed by atoms with Gasteiger partial charge >= 0.3 is 0 Å². The lowest BCUT2D eigenvalue weighted by Gasteiger charge is -2.10. The number of thiophene rings is 1. The molecule has 24 heavy (non-hydrogen) atoms. The summed E-state index contributed by atoms with van der Waals surface area (Å²) in [4.78, 5) is 34.7. The molecule has 0 atom stereocenters. The zero-order chi connectivity index (χ0) is 17.0. The van der Waals surface area contributed by atoms with Gasteiger partial charge in [-0.15, -0.1) is 11.3 Å². The largest absolute Gasteiger partial charge is 0.314 e. The number of hydrogen-bond donors (Lipinski definition) is 1. The van der Waals surface area contributed by atoms with Crippen LogP contribution in [0.5, 0.6) is 0 Å². The van der Waals surface area contributed by atoms with Crippen molar-refractivity contribution in [2.24, 2.45) is 7.05 Å². The fraction of sp³-hybridized carbons (Fsp3) is 0.353. The molecule has 7 heteroatoms. The van der Waals surface area contributed by atoms with Gasteiger partial charge < -0.3 is 9.55 Å². The van der Waals surface area contributed by atoms with Crippen molar-refractivity contribution in [2.45, 2.75) is 32.6 Å². The molecule has 0 aromatic carbocycles. The number of nitrogens with one attached hydrogen (secondary N) is 1. The molecular formula is C17H16BrN3O2S. The number of aromatic amines is 1. The van der Waals surface area contributed by atoms with Crippen LogP contribution in [0.2, 0.25) is 0 Å². The van der Waals surface area contributed by atoms with Crippen molar-refractivity contribution in [3.63, 3.8) is 0 Å². The van der Waals surface area contributed by atoms with E-state index in [1.807, 2.05) is 6.92 Å². The van der Waals surface area contributed by atoms with Gasteiger partial charge in [-0.2, -0.15) is 0 Å². The van der Waals surface area contributed by atoms with Crippen LogP contribution in [-0.2, 0) is 19.9 Å². The molecule has 3 heterocycles. The highest BCUT2D eigenvalue weighted by Gasteiger charge is 2.21. The minimum atomic E-state index is -0.167. The van der Waals surface area contributed by atoms with Crippen LogP contribution in [0.25, 0.3) is 21.6 Å². The molecule has 0 unspecified atom stereocenters. The predicted octanol–water partition coefficient (Wildman–Crippen LogP) is 3.30. The lowest BCUT2D eigenvalue weighted by Crippen LogP contribution is -2.23. The normalized spacial score (nSPS) is 14.1. The lowest BCUT2D eigenvalue weighted by atomic mass is 9.97. The number of hydrogen-bond acceptors (Lipinski definition) is 4. The second-order valence-corrected chi connectivity index (χ2v) is 8.10. The zero-order valence-corrected chi connectivity index (χ0v) is 15.8. The molecular weight excluding hydrogens is 390 g/mol. The highest BCUT2D eigenvalue weighted by atomic mass is 79.9. The van der Waals surface area contributed by atoms with Gasteiger partial charge in [-0.1, -0.05) is 0 Å². The number of rotatable bonds is 1. The van der Waals surface area contributed by atoms with Crippen molar-refractivity contribution in [3.05, 3.63) is 47.4 Å². The lowest BCUT2D eigenvalue weighted by molar-refractivity contribution is 0.700. The Kier molecular flexibility index (Phi) is 3.73. The summed E-state index contributed by atoms with van der Waals surface area (Å²) in [7, 11) is 1.71. The standard InChI is InChI=1S/C17H16BrN3O2S/c1-8-11(18)7-10(17(23)21(8)2)14-19-15(22)13-9-5-3-4-6-12(9)24-16(13)20-14/h7H,3-6H2,1-2H3,(H,19,20,22). The van der Waals surface area contributed by atoms with Crippen molar-refractivity contribution in [1.82, 2.24) is 14.5 Å². The van der Waals surface area contributed by atoms with Gasteiger partial charge in [0.1, 0.15) is 10.7 Å². The Morgan fingerprint density at radius 3 is 2.83 bits per heavy atom. The van der Waals surface area contributed by atoms with Crippen molar-refractivity contribution >= 4 is 37.5 Å². The maximum Gasteiger partial charge on any atom is 0.261 e. The number of halogens is 1. The van der Waals surface area contributed by atoms with E-state index in [-0.39, 0.29) is 11.1 Å². The fourth-order valence-electron chi connectivity index (χ4n) is 3.25. The van der Waals surface area contributed by atoms with Crippen LogP contribution < -0.4 is 11.1 Å². The van der Waals surface area contributed by atoms with Crippen LogP contribution in [-0.4, -0.2) is 14.5 Å². The highest BCUT2D eigenvalue weighted by Crippen LogP contribution is 2.34. The fourth-order valence-corrected chi connectivity index (χ4v) is 5.00. The molecule has 0 aliphatic heterocycles. The van der Waals surface area contributed by atoms with Crippen LogP contribution in [0.1, 0.15) is 29.0 Å². The van der Waals surface area contributed by atoms with Crippen molar-refractivity contribution in [1.29, 1.82) is 0 Å². The Bertz CT molecular complexity index is 1090. The first-order chi connectivity index (χ1) is 11.5. The molecule has 3 aromatic heterocycles. The topological polar surface area (TPSA) is 67.8 Å². The minimum Gasteiger partial charge on any atom is -0.314 e. The zero-order valence-electron chi connectivity index (χ0n) is 13.4. The molecule has 1 aliphatic carbocycles. The van der Waals surface area contributed by atoms with E-state index < -0.39 is 0 Å². The molecule has 0 spiro atoms. The molecule has 0 saturated heterocycles. The summed E-state index contributed by atoms with van der Waals surface area (Å²) < 4.78 is 2.37. The van der Waals surface area contributed by atoms with Crippen LogP contribution in [0, 0.1) is 6.92 Å². The first-order valence-corrected chi connectivity index (χ1v) is 9.49. The highest BCUT2D eigenvalue weighted by molar-refractivity contribution is 9.10. The van der Waals surface area contributed by atoms with Crippen molar-refractivity contribution < 1.29 is 0 Å². The van der Waals surface area contributed by atoms with Gasteiger partial charge in [0.2, 0.25) is 0 Å². The average Bonchev–Trinajstić information content (AvgIpc) is 2.95. The van der Waals surface area contributed by atoms with E-state index in [0.29, 0.717) is 16.8 Å². The first kappa shape index (κ1) is 15.8. The van der Waals surface area contributed by atoms with Crippen molar-refractivity contribution in [2.75, 3.05) is 0 Å². The number of fused-ring (bicyclic) bond motifs is 3. The maximum atomic E-state index is 12.6. The number of aromatic nitrogens is 3. The van der Waals surface area contributed by atoms with E-state index in [0.717, 1.165) is 46.2 Å². The Morgan fingerprint density at radius 2 is 2.04 bits per heavy atom. The third-order valence-corrected chi connectivity index (χ3v) is 6.72. The average molecular weight is 406 g/mol. The summed E-state index contributed by atoms with van der Waals surface area (Å²) in [6.07, 6.45) is 4.24. The molecule has 3 aromatic rings. The third kappa shape index (κ3) is 2.29. The number of nitrogens with zero attached hydrogens (tertiary/aromatic N) is 2. The molecule has 0 amide bonds. The molecule has 1 N–H and O–H groups in total. The van der Waals surface area contributed by atoms with Gasteiger partial charge in [0.25, 0.3) is 11.1 Å². The number of pyridine rings is 1. The number of aryl methyl sites for hydroxylation is 2. The number of H-pyrrole nitrogens is 1. The Balaban J connectivity index is 2.00. The SMILES string of the molecule is Cc1c(Br)cc(-c2nc3sc4c(c3c(=O)[nH]2)CCCC4)c(=O)n1C. The van der Waals surface area contributed by atoms with Crippen LogP contribution in [0.15, 0.2) is 20.1 Å². The van der Waals surface area contributed by atoms with E-state index in [2.05, 4.69) is 25.9 Å². The maximum absolute atomic E-state index is 12.6. The Labute approximate surface area is 150 Å². The summed E-state index contributed by atoms with van der Waals surface area (Å²) in [5.74, 6) is 0.340. The van der Waals surface area contributed by atoms with E-state index in [1.54, 1.807) is 29.0 Å². The van der Waals surface area contributed by atoms with Gasteiger partial charge in [-0.05, 0) is 60.2 Å². The second kappa shape index (κ2) is 5.67. The van der Waals surface area contributed by atoms with E-state index in [1.165, 1.54) is 4.88 Å². The molecule has 0 fully saturated rings. The molecule has 1 aliphatic rings. The summed E-state index contributed by atoms with van der Waals surface area (Å²) in [6.45, 7) is 1.86. The smallest absolute Gasteiger partial charge is 0.261 e. The monoisotopic (exact) mass is 405 g/mol. The van der Waals surface area contributed by atoms with Crippen LogP contribution >= 0.6 is 27.3 Å². The molecule has 4 rings (SSSR count). The van der Waals surface area contributed by atoms with Gasteiger partial charge in [0.15, 0.2) is 0 Å². The molecule has 5 nitrogen and oxygen atoms in total. The molecule has 0 radical (unpaired) electrons. The van der Waals surface area contributed by atoms with Gasteiger partial charge in [0, 0.05) is 22.1 Å². The first-order valence-electron chi connectivity index (χ1n) is 7.88. The Hall–Kier alpha value is -1.73. The van der Waals surface area contributed by atoms with Gasteiger partial charge in [-0.3, -0.25) is 9.59 Å². The van der Waals surface area contributed by atoms with Crippen LogP contribution in [0.4, 0.5) is 0 Å². The van der Waals surface area contributed by atoms with Crippen molar-refractivity contribution in [3.8, 4) is 11.4 Å². The molecule has 0 bridgehead atoms. The molecule has 124 valence electrons. The van der Waals surface area contributed by atoms with Gasteiger partial charge in [-0.25, -0.2) is 4.98 Å². The summed E-state index contributed by atoms with van der Waals surface area (Å²) in [5, 5.41) is 0.710. The summed E-state index contributed by atoms with van der Waals surface area (Å²) >= 11 is 5.05. The predicted molar refractivity (Wildman–Crippen MR) is 100.0 cm³/mol. The van der Waals surface area contributed by atoms with E-state index in [9.17, 15) is 9.59 Å². The Morgan fingerprint density at radius 1 is 1.29 bits per heavy atom.